The van der Waals surface area contributed by atoms with E-state index in [9.17, 15) is 0 Å². The molecule has 1 aromatic rings. The summed E-state index contributed by atoms with van der Waals surface area (Å²) >= 11 is 0. The molecule has 17 heavy (non-hydrogen) atoms. The zero-order valence-corrected chi connectivity index (χ0v) is 10.6. The minimum absolute atomic E-state index is 1.14. The van der Waals surface area contributed by atoms with Gasteiger partial charge in [0.15, 0.2) is 0 Å². The van der Waals surface area contributed by atoms with Gasteiger partial charge in [0.2, 0.25) is 6.33 Å². The van der Waals surface area contributed by atoms with Crippen molar-refractivity contribution in [2.75, 3.05) is 0 Å². The standard InChI is InChI=1S/C15H21N2/c1-16-12-13-17(14-16)11-7-3-2-4-8-15-9-5-6-10-15/h5-6,9,12-14H,2-4,7-8,11H2,1H3/q+1. The Hall–Kier alpha value is -1.53. The van der Waals surface area contributed by atoms with Gasteiger partial charge >= 0.3 is 0 Å². The van der Waals surface area contributed by atoms with Gasteiger partial charge in [-0.3, -0.25) is 0 Å². The van der Waals surface area contributed by atoms with E-state index in [0.29, 0.717) is 0 Å². The van der Waals surface area contributed by atoms with Crippen molar-refractivity contribution in [3.63, 3.8) is 0 Å². The maximum Gasteiger partial charge on any atom is 0.243 e. The third-order valence-electron chi connectivity index (χ3n) is 3.10. The number of nitrogens with zero attached hydrogens (tertiary/aromatic N) is 2. The molecule has 90 valence electrons. The van der Waals surface area contributed by atoms with Crippen molar-refractivity contribution >= 4 is 0 Å². The Bertz CT molecular complexity index is 445. The van der Waals surface area contributed by atoms with E-state index in [0.717, 1.165) is 6.54 Å². The van der Waals surface area contributed by atoms with E-state index >= 15 is 0 Å². The highest BCUT2D eigenvalue weighted by atomic mass is 15.1. The normalized spacial score (nSPS) is 13.4. The number of aryl methyl sites for hydroxylation is 2. The van der Waals surface area contributed by atoms with Gasteiger partial charge in [0.1, 0.15) is 12.4 Å². The van der Waals surface area contributed by atoms with Crippen LogP contribution in [-0.2, 0) is 13.6 Å². The lowest BCUT2D eigenvalue weighted by Crippen LogP contribution is -2.23. The lowest BCUT2D eigenvalue weighted by molar-refractivity contribution is -0.671. The molecule has 0 saturated heterocycles. The number of imidazole rings is 1. The largest absolute Gasteiger partial charge is 0.243 e. The fourth-order valence-electron chi connectivity index (χ4n) is 2.12. The molecule has 0 spiro atoms. The molecule has 0 bridgehead atoms. The van der Waals surface area contributed by atoms with Gasteiger partial charge in [0.25, 0.3) is 0 Å². The number of allylic oxidation sites excluding steroid dienone is 3. The second-order valence-electron chi connectivity index (χ2n) is 4.68. The highest BCUT2D eigenvalue weighted by Crippen LogP contribution is 2.13. The summed E-state index contributed by atoms with van der Waals surface area (Å²) < 4.78 is 4.34. The predicted octanol–water partition coefficient (Wildman–Crippen LogP) is 2.91. The first kappa shape index (κ1) is 11.9. The van der Waals surface area contributed by atoms with Crippen LogP contribution in [0.25, 0.3) is 0 Å². The smallest absolute Gasteiger partial charge is 0.240 e. The number of hydrogen-bond donors (Lipinski definition) is 0. The Morgan fingerprint density at radius 1 is 1.24 bits per heavy atom. The molecule has 0 aliphatic heterocycles. The van der Waals surface area contributed by atoms with Crippen LogP contribution in [0.5, 0.6) is 0 Å². The van der Waals surface area contributed by atoms with E-state index in [4.69, 9.17) is 0 Å². The fourth-order valence-corrected chi connectivity index (χ4v) is 2.12. The number of unbranched alkanes of at least 4 members (excludes halogenated alkanes) is 3. The third-order valence-corrected chi connectivity index (χ3v) is 3.10. The van der Waals surface area contributed by atoms with Gasteiger partial charge < -0.3 is 0 Å². The summed E-state index contributed by atoms with van der Waals surface area (Å²) in [5.74, 6) is 0. The number of hydrogen-bond acceptors (Lipinski definition) is 0. The van der Waals surface area contributed by atoms with Gasteiger partial charge in [0, 0.05) is 0 Å². The molecule has 0 saturated carbocycles. The van der Waals surface area contributed by atoms with Crippen molar-refractivity contribution in [2.24, 2.45) is 7.05 Å². The highest BCUT2D eigenvalue weighted by Gasteiger charge is 2.00. The molecule has 0 unspecified atom stereocenters. The molecule has 0 N–H and O–H groups in total. The van der Waals surface area contributed by atoms with Crippen molar-refractivity contribution < 1.29 is 4.57 Å². The molecule has 1 aromatic heterocycles. The summed E-state index contributed by atoms with van der Waals surface area (Å²) in [6.07, 6.45) is 19.0. The Labute approximate surface area is 104 Å². The first-order valence-corrected chi connectivity index (χ1v) is 6.48. The summed E-state index contributed by atoms with van der Waals surface area (Å²) in [6, 6.07) is 0. The molecule has 0 fully saturated rings. The van der Waals surface area contributed by atoms with E-state index < -0.39 is 0 Å². The second-order valence-corrected chi connectivity index (χ2v) is 4.68. The molecule has 2 rings (SSSR count). The monoisotopic (exact) mass is 229 g/mol. The van der Waals surface area contributed by atoms with Crippen LogP contribution in [0.2, 0.25) is 0 Å². The minimum Gasteiger partial charge on any atom is -0.240 e. The molecule has 0 amide bonds. The Morgan fingerprint density at radius 3 is 2.82 bits per heavy atom. The van der Waals surface area contributed by atoms with Crippen LogP contribution in [0.4, 0.5) is 0 Å². The van der Waals surface area contributed by atoms with Gasteiger partial charge in [-0.25, -0.2) is 9.13 Å². The van der Waals surface area contributed by atoms with Crippen LogP contribution >= 0.6 is 0 Å². The Kier molecular flexibility index (Phi) is 4.40. The van der Waals surface area contributed by atoms with Gasteiger partial charge in [0.05, 0.1) is 13.6 Å². The summed E-state index contributed by atoms with van der Waals surface area (Å²) in [7, 11) is 2.06. The van der Waals surface area contributed by atoms with Gasteiger partial charge in [-0.05, 0) is 37.3 Å². The lowest BCUT2D eigenvalue weighted by Gasteiger charge is -1.99. The average Bonchev–Trinajstić information content (AvgIpc) is 2.95. The summed E-state index contributed by atoms with van der Waals surface area (Å²) in [5.41, 5.74) is 4.61. The number of aromatic nitrogens is 2. The SMILES string of the molecule is C[n+]1ccn(CCCCCCC2=C=CC=C2)c1. The molecular formula is C15H21N2+. The van der Waals surface area contributed by atoms with Crippen LogP contribution < -0.4 is 4.57 Å². The lowest BCUT2D eigenvalue weighted by atomic mass is 10.1. The van der Waals surface area contributed by atoms with Crippen LogP contribution in [0.15, 0.2) is 48.3 Å². The van der Waals surface area contributed by atoms with Crippen molar-refractivity contribution in [3.8, 4) is 0 Å². The topological polar surface area (TPSA) is 8.81 Å². The third kappa shape index (κ3) is 4.08. The molecule has 1 aliphatic rings. The van der Waals surface area contributed by atoms with Crippen LogP contribution in [0.1, 0.15) is 32.1 Å². The predicted molar refractivity (Wildman–Crippen MR) is 69.4 cm³/mol. The molecule has 2 heteroatoms. The number of rotatable bonds is 7. The minimum atomic E-state index is 1.14. The maximum absolute atomic E-state index is 3.25. The van der Waals surface area contributed by atoms with Crippen LogP contribution in [0, 0.1) is 0 Å². The van der Waals surface area contributed by atoms with Gasteiger partial charge in [-0.15, -0.1) is 5.73 Å². The van der Waals surface area contributed by atoms with E-state index in [2.05, 4.69) is 52.8 Å². The molecule has 1 heterocycles. The second kappa shape index (κ2) is 6.27. The highest BCUT2D eigenvalue weighted by molar-refractivity contribution is 5.28. The average molecular weight is 229 g/mol. The van der Waals surface area contributed by atoms with E-state index in [1.54, 1.807) is 0 Å². The quantitative estimate of drug-likeness (QED) is 0.386. The van der Waals surface area contributed by atoms with Gasteiger partial charge in [-0.2, -0.15) is 0 Å². The zero-order valence-electron chi connectivity index (χ0n) is 10.6. The molecule has 0 atom stereocenters. The first-order chi connectivity index (χ1) is 8.34. The van der Waals surface area contributed by atoms with E-state index in [-0.39, 0.29) is 0 Å². The van der Waals surface area contributed by atoms with Crippen molar-refractivity contribution in [3.05, 3.63) is 48.3 Å². The van der Waals surface area contributed by atoms with E-state index in [1.807, 2.05) is 6.08 Å². The van der Waals surface area contributed by atoms with E-state index in [1.165, 1.54) is 37.7 Å². The fraction of sp³-hybridized carbons (Fsp3) is 0.467. The summed E-state index contributed by atoms with van der Waals surface area (Å²) in [4.78, 5) is 0. The van der Waals surface area contributed by atoms with Crippen LogP contribution in [-0.4, -0.2) is 4.57 Å². The molecule has 2 nitrogen and oxygen atoms in total. The van der Waals surface area contributed by atoms with Crippen LogP contribution in [0.3, 0.4) is 0 Å². The van der Waals surface area contributed by atoms with Crippen molar-refractivity contribution in [2.45, 2.75) is 38.6 Å². The molecule has 1 aliphatic carbocycles. The maximum atomic E-state index is 3.25. The van der Waals surface area contributed by atoms with Crippen molar-refractivity contribution in [1.82, 2.24) is 4.57 Å². The molecular weight excluding hydrogens is 208 g/mol. The Morgan fingerprint density at radius 2 is 2.12 bits per heavy atom. The molecule has 0 aromatic carbocycles. The zero-order chi connectivity index (χ0) is 11.9. The Balaban J connectivity index is 1.52. The van der Waals surface area contributed by atoms with Gasteiger partial charge in [-0.1, -0.05) is 18.6 Å². The molecule has 0 radical (unpaired) electrons. The van der Waals surface area contributed by atoms with Crippen molar-refractivity contribution in [1.29, 1.82) is 0 Å². The summed E-state index contributed by atoms with van der Waals surface area (Å²) in [6.45, 7) is 1.14. The summed E-state index contributed by atoms with van der Waals surface area (Å²) in [5, 5.41) is 0. The first-order valence-electron chi connectivity index (χ1n) is 6.48.